The van der Waals surface area contributed by atoms with E-state index in [2.05, 4.69) is 31.1 Å². The van der Waals surface area contributed by atoms with Gasteiger partial charge in [-0.2, -0.15) is 5.10 Å². The van der Waals surface area contributed by atoms with E-state index in [9.17, 15) is 4.79 Å². The third-order valence-electron chi connectivity index (χ3n) is 3.97. The van der Waals surface area contributed by atoms with Gasteiger partial charge in [-0.1, -0.05) is 0 Å². The number of amides is 1. The van der Waals surface area contributed by atoms with Crippen LogP contribution in [-0.4, -0.2) is 44.9 Å². The molecule has 1 N–H and O–H groups in total. The van der Waals surface area contributed by atoms with Crippen LogP contribution in [0.5, 0.6) is 0 Å². The molecule has 0 aliphatic carbocycles. The predicted octanol–water partition coefficient (Wildman–Crippen LogP) is 3.83. The molecule has 1 aliphatic heterocycles. The fourth-order valence-corrected chi connectivity index (χ4v) is 3.40. The molecule has 6 nitrogen and oxygen atoms in total. The van der Waals surface area contributed by atoms with E-state index in [0.29, 0.717) is 19.0 Å². The number of aromatic amines is 1. The molecular formula is C16H21BrN4O2. The molecule has 0 saturated carbocycles. The molecule has 0 bridgehead atoms. The summed E-state index contributed by atoms with van der Waals surface area (Å²) in [6.45, 7) is 7.03. The summed E-state index contributed by atoms with van der Waals surface area (Å²) >= 11 is 3.58. The minimum Gasteiger partial charge on any atom is -0.444 e. The number of aromatic nitrogens is 3. The second kappa shape index (κ2) is 6.11. The number of hydrogen-bond acceptors (Lipinski definition) is 4. The second-order valence-electron chi connectivity index (χ2n) is 6.87. The first-order valence-electron chi connectivity index (χ1n) is 7.81. The first-order valence-corrected chi connectivity index (χ1v) is 8.61. The number of H-pyrrole nitrogens is 1. The van der Waals surface area contributed by atoms with Crippen molar-refractivity contribution in [3.8, 4) is 0 Å². The van der Waals surface area contributed by atoms with Crippen molar-refractivity contribution in [3.63, 3.8) is 0 Å². The normalized spacial score (nSPS) is 16.8. The van der Waals surface area contributed by atoms with Crippen LogP contribution in [0.25, 0.3) is 11.0 Å². The van der Waals surface area contributed by atoms with E-state index >= 15 is 0 Å². The van der Waals surface area contributed by atoms with Crippen LogP contribution in [0.4, 0.5) is 4.79 Å². The molecule has 0 atom stereocenters. The maximum Gasteiger partial charge on any atom is 0.410 e. The number of carbonyl (C=O) groups excluding carboxylic acids is 1. The lowest BCUT2D eigenvalue weighted by atomic mass is 9.92. The second-order valence-corrected chi connectivity index (χ2v) is 7.72. The average Bonchev–Trinajstić information content (AvgIpc) is 2.91. The first kappa shape index (κ1) is 16.2. The van der Waals surface area contributed by atoms with Crippen LogP contribution in [0.1, 0.15) is 45.2 Å². The Morgan fingerprint density at radius 3 is 2.74 bits per heavy atom. The number of nitrogens with one attached hydrogen (secondary N) is 1. The summed E-state index contributed by atoms with van der Waals surface area (Å²) in [6, 6.07) is 1.93. The highest BCUT2D eigenvalue weighted by Gasteiger charge is 2.29. The lowest BCUT2D eigenvalue weighted by Gasteiger charge is -2.33. The Labute approximate surface area is 143 Å². The third-order valence-corrected chi connectivity index (χ3v) is 4.63. The Balaban J connectivity index is 1.70. The summed E-state index contributed by atoms with van der Waals surface area (Å²) in [6.07, 6.45) is 3.27. The van der Waals surface area contributed by atoms with Crippen LogP contribution in [0.3, 0.4) is 0 Å². The molecule has 1 amide bonds. The first-order chi connectivity index (χ1) is 10.8. The Hall–Kier alpha value is -1.63. The van der Waals surface area contributed by atoms with Gasteiger partial charge in [-0.15, -0.1) is 0 Å². The highest BCUT2D eigenvalue weighted by atomic mass is 79.9. The van der Waals surface area contributed by atoms with Crippen LogP contribution in [0, 0.1) is 0 Å². The van der Waals surface area contributed by atoms with Gasteiger partial charge in [-0.25, -0.2) is 9.78 Å². The molecule has 7 heteroatoms. The van der Waals surface area contributed by atoms with Crippen molar-refractivity contribution in [1.29, 1.82) is 0 Å². The van der Waals surface area contributed by atoms with Gasteiger partial charge in [0.05, 0.1) is 11.1 Å². The van der Waals surface area contributed by atoms with Crippen molar-refractivity contribution >= 4 is 33.1 Å². The molecule has 1 aliphatic rings. The highest BCUT2D eigenvalue weighted by Crippen LogP contribution is 2.34. The van der Waals surface area contributed by atoms with Gasteiger partial charge in [0.25, 0.3) is 0 Å². The number of fused-ring (bicyclic) bond motifs is 1. The molecule has 0 spiro atoms. The summed E-state index contributed by atoms with van der Waals surface area (Å²) in [5, 5.41) is 8.50. The molecule has 0 aromatic carbocycles. The van der Waals surface area contributed by atoms with Crippen molar-refractivity contribution in [3.05, 3.63) is 22.4 Å². The number of piperidine rings is 1. The van der Waals surface area contributed by atoms with Gasteiger partial charge in [0.15, 0.2) is 5.65 Å². The zero-order valence-corrected chi connectivity index (χ0v) is 15.2. The van der Waals surface area contributed by atoms with Gasteiger partial charge >= 0.3 is 6.09 Å². The molecule has 1 fully saturated rings. The maximum absolute atomic E-state index is 12.1. The molecule has 3 rings (SSSR count). The molecule has 3 heterocycles. The number of likely N-dealkylation sites (tertiary alicyclic amines) is 1. The molecular weight excluding hydrogens is 360 g/mol. The highest BCUT2D eigenvalue weighted by molar-refractivity contribution is 9.10. The number of ether oxygens (including phenoxy) is 1. The zero-order valence-electron chi connectivity index (χ0n) is 13.6. The standard InChI is InChI=1S/C16H21BrN4O2/c1-16(2,3)23-15(22)21-8-5-10(6-9-21)13-12-11(17)4-7-18-14(12)20-19-13/h4,7,10H,5-6,8-9H2,1-3H3,(H,18,19,20). The number of pyridine rings is 1. The number of nitrogens with zero attached hydrogens (tertiary/aromatic N) is 3. The molecule has 0 unspecified atom stereocenters. The van der Waals surface area contributed by atoms with Crippen LogP contribution < -0.4 is 0 Å². The monoisotopic (exact) mass is 380 g/mol. The van der Waals surface area contributed by atoms with Gasteiger partial charge in [0.1, 0.15) is 5.60 Å². The minimum absolute atomic E-state index is 0.231. The fourth-order valence-electron chi connectivity index (χ4n) is 2.89. The van der Waals surface area contributed by atoms with Crippen LogP contribution >= 0.6 is 15.9 Å². The van der Waals surface area contributed by atoms with Crippen molar-refractivity contribution in [2.45, 2.75) is 45.1 Å². The lowest BCUT2D eigenvalue weighted by Crippen LogP contribution is -2.41. The summed E-state index contributed by atoms with van der Waals surface area (Å²) in [5.74, 6) is 0.322. The van der Waals surface area contributed by atoms with Crippen molar-refractivity contribution in [1.82, 2.24) is 20.1 Å². The number of hydrogen-bond donors (Lipinski definition) is 1. The lowest BCUT2D eigenvalue weighted by molar-refractivity contribution is 0.0204. The molecule has 23 heavy (non-hydrogen) atoms. The van der Waals surface area contributed by atoms with Crippen LogP contribution in [-0.2, 0) is 4.74 Å². The number of rotatable bonds is 1. The quantitative estimate of drug-likeness (QED) is 0.815. The predicted molar refractivity (Wildman–Crippen MR) is 91.4 cm³/mol. The van der Waals surface area contributed by atoms with E-state index in [1.54, 1.807) is 11.1 Å². The van der Waals surface area contributed by atoms with Crippen molar-refractivity contribution < 1.29 is 9.53 Å². The molecule has 0 radical (unpaired) electrons. The topological polar surface area (TPSA) is 71.1 Å². The van der Waals surface area contributed by atoms with Gasteiger partial charge < -0.3 is 9.64 Å². The summed E-state index contributed by atoms with van der Waals surface area (Å²) in [4.78, 5) is 18.2. The average molecular weight is 381 g/mol. The summed E-state index contributed by atoms with van der Waals surface area (Å²) < 4.78 is 6.44. The molecule has 2 aromatic rings. The molecule has 124 valence electrons. The van der Waals surface area contributed by atoms with Gasteiger partial charge in [0, 0.05) is 29.7 Å². The summed E-state index contributed by atoms with van der Waals surface area (Å²) in [5.41, 5.74) is 1.37. The van der Waals surface area contributed by atoms with Crippen molar-refractivity contribution in [2.24, 2.45) is 0 Å². The Bertz CT molecular complexity index is 714. The Kier molecular flexibility index (Phi) is 4.31. The van der Waals surface area contributed by atoms with E-state index < -0.39 is 5.60 Å². The number of carbonyl (C=O) groups is 1. The largest absolute Gasteiger partial charge is 0.444 e. The molecule has 2 aromatic heterocycles. The van der Waals surface area contributed by atoms with E-state index in [0.717, 1.165) is 34.0 Å². The SMILES string of the molecule is CC(C)(C)OC(=O)N1CCC(c2n[nH]c3nccc(Br)c23)CC1. The summed E-state index contributed by atoms with van der Waals surface area (Å²) in [7, 11) is 0. The van der Waals surface area contributed by atoms with Gasteiger partial charge in [0.2, 0.25) is 0 Å². The van der Waals surface area contributed by atoms with E-state index in [-0.39, 0.29) is 6.09 Å². The van der Waals surface area contributed by atoms with Crippen LogP contribution in [0.15, 0.2) is 16.7 Å². The van der Waals surface area contributed by atoms with E-state index in [1.807, 2.05) is 26.8 Å². The zero-order chi connectivity index (χ0) is 16.6. The molecule has 1 saturated heterocycles. The van der Waals surface area contributed by atoms with E-state index in [4.69, 9.17) is 4.74 Å². The van der Waals surface area contributed by atoms with Crippen LogP contribution in [0.2, 0.25) is 0 Å². The Morgan fingerprint density at radius 2 is 2.09 bits per heavy atom. The maximum atomic E-state index is 12.1. The van der Waals surface area contributed by atoms with Crippen molar-refractivity contribution in [2.75, 3.05) is 13.1 Å². The van der Waals surface area contributed by atoms with E-state index in [1.165, 1.54) is 0 Å². The third kappa shape index (κ3) is 3.49. The minimum atomic E-state index is -0.455. The van der Waals surface area contributed by atoms with Gasteiger partial charge in [-0.05, 0) is 55.6 Å². The fraction of sp³-hybridized carbons (Fsp3) is 0.562. The number of halogens is 1. The smallest absolute Gasteiger partial charge is 0.410 e. The van der Waals surface area contributed by atoms with Gasteiger partial charge in [-0.3, -0.25) is 5.10 Å². The Morgan fingerprint density at radius 1 is 1.39 bits per heavy atom.